The molecule has 0 saturated carbocycles. The maximum Gasteiger partial charge on any atom is 0.252 e. The van der Waals surface area contributed by atoms with E-state index in [2.05, 4.69) is 35.2 Å². The Hall–Kier alpha value is -3.40. The molecular formula is C19H20N6O. The first-order valence-corrected chi connectivity index (χ1v) is 8.41. The van der Waals surface area contributed by atoms with Crippen molar-refractivity contribution in [2.75, 3.05) is 11.9 Å². The van der Waals surface area contributed by atoms with Gasteiger partial charge in [-0.1, -0.05) is 13.8 Å². The molecule has 3 rings (SSSR count). The molecule has 3 heterocycles. The summed E-state index contributed by atoms with van der Waals surface area (Å²) >= 11 is 0. The van der Waals surface area contributed by atoms with Crippen LogP contribution in [0.4, 0.5) is 5.69 Å². The molecule has 132 valence electrons. The molecule has 0 aliphatic heterocycles. The Morgan fingerprint density at radius 2 is 2.15 bits per heavy atom. The first-order valence-electron chi connectivity index (χ1n) is 8.41. The summed E-state index contributed by atoms with van der Waals surface area (Å²) in [7, 11) is 0. The number of nitrogens with two attached hydrogens (primary N) is 1. The van der Waals surface area contributed by atoms with E-state index in [0.29, 0.717) is 34.2 Å². The van der Waals surface area contributed by atoms with Gasteiger partial charge in [-0.05, 0) is 24.5 Å². The van der Waals surface area contributed by atoms with E-state index in [9.17, 15) is 4.79 Å². The van der Waals surface area contributed by atoms with E-state index in [0.717, 1.165) is 18.4 Å². The number of amides is 1. The molecule has 0 aliphatic carbocycles. The molecule has 0 aromatic carbocycles. The number of pyridine rings is 2. The smallest absolute Gasteiger partial charge is 0.252 e. The van der Waals surface area contributed by atoms with Crippen LogP contribution in [0.15, 0.2) is 36.8 Å². The number of nitriles is 1. The molecular weight excluding hydrogens is 328 g/mol. The maximum absolute atomic E-state index is 11.7. The number of anilines is 1. The summed E-state index contributed by atoms with van der Waals surface area (Å²) in [4.78, 5) is 20.4. The lowest BCUT2D eigenvalue weighted by Crippen LogP contribution is -2.16. The fourth-order valence-corrected chi connectivity index (χ4v) is 2.68. The highest BCUT2D eigenvalue weighted by Gasteiger charge is 2.13. The molecule has 3 N–H and O–H groups in total. The van der Waals surface area contributed by atoms with Gasteiger partial charge in [0, 0.05) is 36.6 Å². The van der Waals surface area contributed by atoms with Crippen LogP contribution in [0.25, 0.3) is 16.9 Å². The van der Waals surface area contributed by atoms with E-state index in [1.807, 2.05) is 16.8 Å². The Balaban J connectivity index is 2.00. The van der Waals surface area contributed by atoms with Crippen molar-refractivity contribution in [3.8, 4) is 11.9 Å². The second-order valence-corrected chi connectivity index (χ2v) is 6.50. The number of carbonyl (C=O) groups excluding carboxylic acids is 1. The molecule has 0 fully saturated rings. The van der Waals surface area contributed by atoms with Gasteiger partial charge in [0.25, 0.3) is 5.91 Å². The van der Waals surface area contributed by atoms with Gasteiger partial charge >= 0.3 is 0 Å². The molecule has 0 aliphatic rings. The number of fused-ring (bicyclic) bond motifs is 1. The minimum atomic E-state index is -0.523. The topological polar surface area (TPSA) is 110 Å². The van der Waals surface area contributed by atoms with E-state index < -0.39 is 5.91 Å². The van der Waals surface area contributed by atoms with Crippen LogP contribution in [0, 0.1) is 17.2 Å². The highest BCUT2D eigenvalue weighted by molar-refractivity contribution is 5.98. The predicted molar refractivity (Wildman–Crippen MR) is 100 cm³/mol. The van der Waals surface area contributed by atoms with Crippen molar-refractivity contribution in [3.05, 3.63) is 47.9 Å². The van der Waals surface area contributed by atoms with Crippen molar-refractivity contribution in [2.45, 2.75) is 20.3 Å². The monoisotopic (exact) mass is 348 g/mol. The molecule has 3 aromatic heterocycles. The van der Waals surface area contributed by atoms with E-state index in [4.69, 9.17) is 11.0 Å². The van der Waals surface area contributed by atoms with Crippen LogP contribution in [-0.4, -0.2) is 27.0 Å². The number of hydrogen-bond donors (Lipinski definition) is 2. The second-order valence-electron chi connectivity index (χ2n) is 6.50. The zero-order chi connectivity index (χ0) is 18.7. The van der Waals surface area contributed by atoms with E-state index in [-0.39, 0.29) is 0 Å². The molecule has 0 spiro atoms. The van der Waals surface area contributed by atoms with Gasteiger partial charge in [-0.15, -0.1) is 0 Å². The fraction of sp³-hybridized carbons (Fsp3) is 0.263. The Kier molecular flexibility index (Phi) is 4.85. The minimum absolute atomic E-state index is 0.355. The highest BCUT2D eigenvalue weighted by Crippen LogP contribution is 2.22. The zero-order valence-electron chi connectivity index (χ0n) is 14.7. The number of hydrogen-bond acceptors (Lipinski definition) is 5. The van der Waals surface area contributed by atoms with Crippen molar-refractivity contribution in [1.29, 1.82) is 5.26 Å². The summed E-state index contributed by atoms with van der Waals surface area (Å²) in [5.41, 5.74) is 7.67. The van der Waals surface area contributed by atoms with E-state index >= 15 is 0 Å². The maximum atomic E-state index is 11.7. The van der Waals surface area contributed by atoms with Gasteiger partial charge in [-0.25, -0.2) is 9.97 Å². The van der Waals surface area contributed by atoms with Gasteiger partial charge in [0.05, 0.1) is 16.8 Å². The van der Waals surface area contributed by atoms with Gasteiger partial charge in [-0.2, -0.15) is 5.26 Å². The standard InChI is InChI=1S/C19H20N6O/c1-12(2)3-5-22-16-8-17(23-11-15(16)18(21)26)25-6-4-14-7-13(9-20)10-24-19(14)25/h4,6-8,10-12H,3,5H2,1-2H3,(H2,21,26)(H,22,23). The number of primary amides is 1. The summed E-state index contributed by atoms with van der Waals surface area (Å²) in [5.74, 6) is 0.646. The van der Waals surface area contributed by atoms with Gasteiger partial charge in [-0.3, -0.25) is 9.36 Å². The van der Waals surface area contributed by atoms with Gasteiger partial charge in [0.2, 0.25) is 0 Å². The number of rotatable bonds is 6. The number of nitrogens with one attached hydrogen (secondary N) is 1. The third kappa shape index (κ3) is 3.49. The van der Waals surface area contributed by atoms with E-state index in [1.54, 1.807) is 12.1 Å². The van der Waals surface area contributed by atoms with Gasteiger partial charge in [0.15, 0.2) is 0 Å². The summed E-state index contributed by atoms with van der Waals surface area (Å²) < 4.78 is 1.81. The van der Waals surface area contributed by atoms with Crippen LogP contribution in [0.1, 0.15) is 36.2 Å². The SMILES string of the molecule is CC(C)CCNc1cc(-n2ccc3cc(C#N)cnc32)ncc1C(N)=O. The second kappa shape index (κ2) is 7.23. The van der Waals surface area contributed by atoms with Crippen LogP contribution < -0.4 is 11.1 Å². The lowest BCUT2D eigenvalue weighted by molar-refractivity contribution is 0.100. The molecule has 7 nitrogen and oxygen atoms in total. The van der Waals surface area contributed by atoms with Crippen LogP contribution in [-0.2, 0) is 0 Å². The third-order valence-corrected chi connectivity index (χ3v) is 4.09. The average Bonchev–Trinajstić information content (AvgIpc) is 3.04. The predicted octanol–water partition coefficient (Wildman–Crippen LogP) is 2.85. The lowest BCUT2D eigenvalue weighted by Gasteiger charge is -2.13. The van der Waals surface area contributed by atoms with Crippen molar-refractivity contribution in [1.82, 2.24) is 14.5 Å². The molecule has 0 saturated heterocycles. The third-order valence-electron chi connectivity index (χ3n) is 4.09. The highest BCUT2D eigenvalue weighted by atomic mass is 16.1. The van der Waals surface area contributed by atoms with Crippen molar-refractivity contribution in [3.63, 3.8) is 0 Å². The van der Waals surface area contributed by atoms with Gasteiger partial charge < -0.3 is 11.1 Å². The number of aromatic nitrogens is 3. The fourth-order valence-electron chi connectivity index (χ4n) is 2.68. The Bertz CT molecular complexity index is 999. The summed E-state index contributed by atoms with van der Waals surface area (Å²) in [6.07, 6.45) is 5.81. The van der Waals surface area contributed by atoms with Crippen LogP contribution in [0.5, 0.6) is 0 Å². The molecule has 3 aromatic rings. The van der Waals surface area contributed by atoms with Crippen molar-refractivity contribution >= 4 is 22.6 Å². The Morgan fingerprint density at radius 3 is 2.85 bits per heavy atom. The number of nitrogens with zero attached hydrogens (tertiary/aromatic N) is 4. The normalized spacial score (nSPS) is 10.8. The summed E-state index contributed by atoms with van der Waals surface area (Å²) in [6.45, 7) is 5.02. The Labute approximate surface area is 151 Å². The molecule has 0 bridgehead atoms. The molecule has 0 unspecified atom stereocenters. The van der Waals surface area contributed by atoms with Crippen LogP contribution in [0.2, 0.25) is 0 Å². The minimum Gasteiger partial charge on any atom is -0.384 e. The van der Waals surface area contributed by atoms with Gasteiger partial charge in [0.1, 0.15) is 17.5 Å². The van der Waals surface area contributed by atoms with E-state index in [1.165, 1.54) is 12.4 Å². The molecule has 1 amide bonds. The average molecular weight is 348 g/mol. The van der Waals surface area contributed by atoms with Crippen LogP contribution in [0.3, 0.4) is 0 Å². The first kappa shape index (κ1) is 17.4. The summed E-state index contributed by atoms with van der Waals surface area (Å²) in [5, 5.41) is 13.1. The molecule has 0 radical (unpaired) electrons. The molecule has 26 heavy (non-hydrogen) atoms. The largest absolute Gasteiger partial charge is 0.384 e. The lowest BCUT2D eigenvalue weighted by atomic mass is 10.1. The zero-order valence-corrected chi connectivity index (χ0v) is 14.7. The quantitative estimate of drug-likeness (QED) is 0.712. The van der Waals surface area contributed by atoms with Crippen molar-refractivity contribution < 1.29 is 4.79 Å². The first-order chi connectivity index (χ1) is 12.5. The Morgan fingerprint density at radius 1 is 1.35 bits per heavy atom. The molecule has 7 heteroatoms. The molecule has 0 atom stereocenters. The summed E-state index contributed by atoms with van der Waals surface area (Å²) in [6, 6.07) is 7.52. The number of carbonyl (C=O) groups is 1. The van der Waals surface area contributed by atoms with Crippen molar-refractivity contribution in [2.24, 2.45) is 11.7 Å². The van der Waals surface area contributed by atoms with Crippen LogP contribution >= 0.6 is 0 Å².